The Morgan fingerprint density at radius 2 is 1.59 bits per heavy atom. The van der Waals surface area contributed by atoms with Crippen LogP contribution in [0, 0.1) is 0 Å². The molecule has 6 heteroatoms. The normalized spacial score (nSPS) is 13.6. The van der Waals surface area contributed by atoms with Crippen LogP contribution in [0.5, 0.6) is 17.2 Å². The third-order valence-corrected chi connectivity index (χ3v) is 6.32. The summed E-state index contributed by atoms with van der Waals surface area (Å²) in [4.78, 5) is 26.3. The summed E-state index contributed by atoms with van der Waals surface area (Å²) in [5.74, 6) is 0.899. The number of furan rings is 1. The number of ketones is 1. The van der Waals surface area contributed by atoms with E-state index in [4.69, 9.17) is 18.6 Å². The predicted octanol–water partition coefficient (Wildman–Crippen LogP) is 7.50. The smallest absolute Gasteiger partial charge is 0.348 e. The molecule has 39 heavy (non-hydrogen) atoms. The highest BCUT2D eigenvalue weighted by Crippen LogP contribution is 2.38. The highest BCUT2D eigenvalue weighted by molar-refractivity contribution is 6.13. The molecule has 4 aromatic carbocycles. The van der Waals surface area contributed by atoms with Crippen LogP contribution in [0.3, 0.4) is 0 Å². The van der Waals surface area contributed by atoms with Gasteiger partial charge in [-0.25, -0.2) is 4.79 Å². The second-order valence-corrected chi connectivity index (χ2v) is 8.81. The Kier molecular flexibility index (Phi) is 6.27. The number of fused-ring (bicyclic) bond motifs is 2. The predicted molar refractivity (Wildman–Crippen MR) is 148 cm³/mol. The molecule has 0 spiro atoms. The van der Waals surface area contributed by atoms with E-state index < -0.39 is 5.97 Å². The molecular formula is C33H22O6. The Morgan fingerprint density at radius 3 is 2.36 bits per heavy atom. The highest BCUT2D eigenvalue weighted by atomic mass is 16.5. The minimum absolute atomic E-state index is 0.194. The molecule has 0 amide bonds. The van der Waals surface area contributed by atoms with Crippen molar-refractivity contribution in [2.24, 2.45) is 0 Å². The lowest BCUT2D eigenvalue weighted by Crippen LogP contribution is -2.09. The van der Waals surface area contributed by atoms with Gasteiger partial charge in [0.05, 0.1) is 12.7 Å². The molecule has 2 heterocycles. The fraction of sp³-hybridized carbons (Fsp3) is 0.0303. The van der Waals surface area contributed by atoms with Gasteiger partial charge in [0, 0.05) is 17.0 Å². The van der Waals surface area contributed by atoms with Crippen molar-refractivity contribution in [1.29, 1.82) is 0 Å². The minimum Gasteiger partial charge on any atom is -0.497 e. The molecule has 190 valence electrons. The summed E-state index contributed by atoms with van der Waals surface area (Å²) in [6.07, 6.45) is 5.27. The van der Waals surface area contributed by atoms with E-state index in [1.807, 2.05) is 66.7 Å². The summed E-state index contributed by atoms with van der Waals surface area (Å²) in [6, 6.07) is 29.1. The van der Waals surface area contributed by atoms with E-state index in [9.17, 15) is 9.59 Å². The number of rotatable bonds is 6. The summed E-state index contributed by atoms with van der Waals surface area (Å²) >= 11 is 0. The molecule has 6 nitrogen and oxygen atoms in total. The number of hydrogen-bond donors (Lipinski definition) is 0. The van der Waals surface area contributed by atoms with Crippen molar-refractivity contribution in [3.8, 4) is 28.6 Å². The van der Waals surface area contributed by atoms with Gasteiger partial charge in [0.15, 0.2) is 5.76 Å². The maximum absolute atomic E-state index is 13.5. The van der Waals surface area contributed by atoms with Crippen LogP contribution >= 0.6 is 0 Å². The van der Waals surface area contributed by atoms with Gasteiger partial charge < -0.3 is 18.6 Å². The van der Waals surface area contributed by atoms with Gasteiger partial charge in [-0.2, -0.15) is 0 Å². The second kappa shape index (κ2) is 10.2. The monoisotopic (exact) mass is 514 g/mol. The van der Waals surface area contributed by atoms with Gasteiger partial charge in [-0.1, -0.05) is 72.8 Å². The van der Waals surface area contributed by atoms with Crippen LogP contribution in [-0.2, 0) is 0 Å². The van der Waals surface area contributed by atoms with E-state index in [2.05, 4.69) is 0 Å². The Balaban J connectivity index is 1.29. The van der Waals surface area contributed by atoms with Crippen LogP contribution in [0.15, 0.2) is 119 Å². The maximum atomic E-state index is 13.5. The van der Waals surface area contributed by atoms with Crippen molar-refractivity contribution < 1.29 is 28.2 Å². The molecule has 0 saturated carbocycles. The van der Waals surface area contributed by atoms with Crippen molar-refractivity contribution in [1.82, 2.24) is 0 Å². The van der Waals surface area contributed by atoms with Crippen molar-refractivity contribution in [3.05, 3.63) is 132 Å². The maximum Gasteiger partial charge on any atom is 0.348 e. The van der Waals surface area contributed by atoms with Gasteiger partial charge in [-0.3, -0.25) is 4.79 Å². The zero-order chi connectivity index (χ0) is 26.8. The molecule has 0 fully saturated rings. The summed E-state index contributed by atoms with van der Waals surface area (Å²) in [6.45, 7) is 0. The number of carbonyl (C=O) groups is 2. The van der Waals surface area contributed by atoms with E-state index in [1.165, 1.54) is 6.07 Å². The zero-order valence-corrected chi connectivity index (χ0v) is 20.9. The summed E-state index contributed by atoms with van der Waals surface area (Å²) in [7, 11) is 1.56. The number of esters is 1. The molecule has 1 aromatic heterocycles. The number of ether oxygens (including phenoxy) is 3. The lowest BCUT2D eigenvalue weighted by molar-refractivity contribution is 0.0736. The number of methoxy groups -OCH3 is 1. The molecule has 0 aliphatic carbocycles. The Hall–Kier alpha value is -5.36. The molecule has 6 rings (SSSR count). The van der Waals surface area contributed by atoms with Gasteiger partial charge >= 0.3 is 5.97 Å². The summed E-state index contributed by atoms with van der Waals surface area (Å²) in [5, 5.41) is 0.571. The molecule has 5 aromatic rings. The van der Waals surface area contributed by atoms with Gasteiger partial charge in [-0.05, 0) is 42.0 Å². The summed E-state index contributed by atoms with van der Waals surface area (Å²) in [5.41, 5.74) is 2.95. The van der Waals surface area contributed by atoms with Crippen molar-refractivity contribution in [3.63, 3.8) is 0 Å². The molecule has 0 atom stereocenters. The SMILES string of the molecule is COc1ccc2oc(-c3ccccc3)c(C(=O)Oc3ccc4c(c3)OC(=CC=Cc3ccccc3)C4=O)c2c1. The van der Waals surface area contributed by atoms with Crippen molar-refractivity contribution >= 4 is 28.8 Å². The van der Waals surface area contributed by atoms with Gasteiger partial charge in [-0.15, -0.1) is 0 Å². The molecule has 0 radical (unpaired) electrons. The minimum atomic E-state index is -0.605. The Labute approximate surface area is 224 Å². The van der Waals surface area contributed by atoms with Crippen molar-refractivity contribution in [2.45, 2.75) is 0 Å². The van der Waals surface area contributed by atoms with E-state index in [0.29, 0.717) is 33.8 Å². The largest absolute Gasteiger partial charge is 0.497 e. The third kappa shape index (κ3) is 4.71. The first-order valence-corrected chi connectivity index (χ1v) is 12.3. The van der Waals surface area contributed by atoms with E-state index in [0.717, 1.165) is 11.1 Å². The van der Waals surface area contributed by atoms with Gasteiger partial charge in [0.25, 0.3) is 0 Å². The number of carbonyl (C=O) groups excluding carboxylic acids is 2. The summed E-state index contributed by atoms with van der Waals surface area (Å²) < 4.78 is 23.0. The van der Waals surface area contributed by atoms with Crippen LogP contribution in [0.1, 0.15) is 26.3 Å². The highest BCUT2D eigenvalue weighted by Gasteiger charge is 2.29. The average molecular weight is 515 g/mol. The zero-order valence-electron chi connectivity index (χ0n) is 20.9. The number of hydrogen-bond acceptors (Lipinski definition) is 6. The number of benzene rings is 4. The number of Topliss-reactive ketones (excluding diaryl/α,β-unsaturated/α-hetero) is 1. The molecule has 0 saturated heterocycles. The molecule has 0 unspecified atom stereocenters. The quantitative estimate of drug-likeness (QED) is 0.133. The fourth-order valence-corrected chi connectivity index (χ4v) is 4.41. The first-order chi connectivity index (χ1) is 19.1. The standard InChI is InChI=1S/C33H22O6/c1-36-23-16-18-27-26(19-23)30(32(39-27)22-12-6-3-7-13-22)33(35)37-24-15-17-25-29(20-24)38-28(31(25)34)14-8-11-21-9-4-2-5-10-21/h2-20H,1H3. The van der Waals surface area contributed by atoms with Crippen LogP contribution < -0.4 is 14.2 Å². The fourth-order valence-electron chi connectivity index (χ4n) is 4.41. The molecular weight excluding hydrogens is 492 g/mol. The van der Waals surface area contributed by atoms with Crippen LogP contribution in [0.2, 0.25) is 0 Å². The van der Waals surface area contributed by atoms with Crippen LogP contribution in [0.25, 0.3) is 28.4 Å². The molecule has 1 aliphatic rings. The van der Waals surface area contributed by atoms with Gasteiger partial charge in [0.1, 0.15) is 34.2 Å². The van der Waals surface area contributed by atoms with E-state index >= 15 is 0 Å². The van der Waals surface area contributed by atoms with E-state index in [-0.39, 0.29) is 22.9 Å². The lowest BCUT2D eigenvalue weighted by atomic mass is 10.1. The Bertz CT molecular complexity index is 1760. The van der Waals surface area contributed by atoms with Gasteiger partial charge in [0.2, 0.25) is 5.78 Å². The molecule has 0 N–H and O–H groups in total. The molecule has 0 bridgehead atoms. The number of allylic oxidation sites excluding steroid dienone is 3. The molecule has 1 aliphatic heterocycles. The third-order valence-electron chi connectivity index (χ3n) is 6.32. The van der Waals surface area contributed by atoms with Crippen molar-refractivity contribution in [2.75, 3.05) is 7.11 Å². The Morgan fingerprint density at radius 1 is 0.846 bits per heavy atom. The first kappa shape index (κ1) is 24.0. The lowest BCUT2D eigenvalue weighted by Gasteiger charge is -2.07. The average Bonchev–Trinajstić information content (AvgIpc) is 3.51. The second-order valence-electron chi connectivity index (χ2n) is 8.81. The first-order valence-electron chi connectivity index (χ1n) is 12.3. The van der Waals surface area contributed by atoms with E-state index in [1.54, 1.807) is 49.6 Å². The van der Waals surface area contributed by atoms with Crippen LogP contribution in [-0.4, -0.2) is 18.9 Å². The van der Waals surface area contributed by atoms with Crippen LogP contribution in [0.4, 0.5) is 0 Å². The topological polar surface area (TPSA) is 75.0 Å².